The van der Waals surface area contributed by atoms with Crippen LogP contribution in [0.4, 0.5) is 10.5 Å². The number of carbonyl (C=O) groups excluding carboxylic acids is 1. The van der Waals surface area contributed by atoms with E-state index in [1.165, 1.54) is 12.0 Å². The number of benzene rings is 2. The normalized spacial score (nSPS) is 10.8. The van der Waals surface area contributed by atoms with Crippen LogP contribution in [0.1, 0.15) is 16.7 Å². The Morgan fingerprint density at radius 2 is 1.97 bits per heavy atom. The van der Waals surface area contributed by atoms with E-state index in [4.69, 9.17) is 4.74 Å². The molecule has 7 heteroatoms. The number of para-hydroxylation sites is 2. The van der Waals surface area contributed by atoms with Gasteiger partial charge in [0.05, 0.1) is 31.5 Å². The number of amides is 2. The van der Waals surface area contributed by atoms with Crippen LogP contribution in [0.5, 0.6) is 5.75 Å². The van der Waals surface area contributed by atoms with Crippen molar-refractivity contribution >= 4 is 22.6 Å². The number of nitrogens with zero attached hydrogens (tertiary/aromatic N) is 1. The molecule has 0 radical (unpaired) electrons. The summed E-state index contributed by atoms with van der Waals surface area (Å²) >= 11 is 0. The maximum absolute atomic E-state index is 12.8. The maximum atomic E-state index is 12.8. The first-order valence-electron chi connectivity index (χ1n) is 9.36. The number of rotatable bonds is 6. The van der Waals surface area contributed by atoms with Crippen LogP contribution in [0.15, 0.2) is 47.3 Å². The van der Waals surface area contributed by atoms with Gasteiger partial charge in [-0.15, -0.1) is 0 Å². The monoisotopic (exact) mass is 395 g/mol. The fraction of sp³-hybridized carbons (Fsp3) is 0.273. The number of pyridine rings is 1. The maximum Gasteiger partial charge on any atom is 0.322 e. The number of carbonyl (C=O) groups is 1. The number of aromatic amines is 1. The van der Waals surface area contributed by atoms with Crippen LogP contribution in [0.3, 0.4) is 0 Å². The topological polar surface area (TPSA) is 94.7 Å². The summed E-state index contributed by atoms with van der Waals surface area (Å²) in [6.07, 6.45) is 0. The van der Waals surface area contributed by atoms with Crippen molar-refractivity contribution in [3.63, 3.8) is 0 Å². The molecule has 29 heavy (non-hydrogen) atoms. The molecule has 0 aliphatic carbocycles. The molecule has 3 aromatic rings. The lowest BCUT2D eigenvalue weighted by molar-refractivity contribution is 0.185. The van der Waals surface area contributed by atoms with Gasteiger partial charge in [-0.3, -0.25) is 4.79 Å². The minimum atomic E-state index is -0.428. The molecule has 2 aromatic carbocycles. The predicted molar refractivity (Wildman–Crippen MR) is 114 cm³/mol. The van der Waals surface area contributed by atoms with Crippen LogP contribution >= 0.6 is 0 Å². The number of fused-ring (bicyclic) bond motifs is 1. The van der Waals surface area contributed by atoms with E-state index in [1.54, 1.807) is 30.3 Å². The zero-order valence-electron chi connectivity index (χ0n) is 16.8. The molecule has 0 aliphatic heterocycles. The zero-order chi connectivity index (χ0) is 21.0. The minimum absolute atomic E-state index is 0.0692. The molecule has 0 unspecified atom stereocenters. The zero-order valence-corrected chi connectivity index (χ0v) is 16.8. The molecule has 0 saturated carbocycles. The highest BCUT2D eigenvalue weighted by Gasteiger charge is 2.17. The van der Waals surface area contributed by atoms with Gasteiger partial charge in [0.1, 0.15) is 5.75 Å². The third kappa shape index (κ3) is 4.41. The summed E-state index contributed by atoms with van der Waals surface area (Å²) < 4.78 is 5.25. The molecule has 0 aliphatic rings. The lowest BCUT2D eigenvalue weighted by atomic mass is 10.0. The Morgan fingerprint density at radius 3 is 2.69 bits per heavy atom. The number of anilines is 1. The van der Waals surface area contributed by atoms with Gasteiger partial charge in [-0.1, -0.05) is 24.3 Å². The van der Waals surface area contributed by atoms with Gasteiger partial charge in [-0.2, -0.15) is 0 Å². The number of nitrogens with one attached hydrogen (secondary N) is 2. The van der Waals surface area contributed by atoms with Crippen LogP contribution in [0.25, 0.3) is 10.9 Å². The number of aromatic nitrogens is 1. The summed E-state index contributed by atoms with van der Waals surface area (Å²) in [5.41, 5.74) is 3.63. The Kier molecular flexibility index (Phi) is 6.19. The fourth-order valence-electron chi connectivity index (χ4n) is 3.21. The highest BCUT2D eigenvalue weighted by atomic mass is 16.5. The van der Waals surface area contributed by atoms with Gasteiger partial charge in [0.15, 0.2) is 0 Å². The van der Waals surface area contributed by atoms with E-state index < -0.39 is 6.03 Å². The standard InChI is InChI=1S/C22H25N3O4/c1-14-8-9-16-12-17(21(27)24-20(16)15(14)2)13-25(10-11-26)22(28)23-18-6-4-5-7-19(18)29-3/h4-9,12,26H,10-11,13H2,1-3H3,(H,23,28)(H,24,27). The minimum Gasteiger partial charge on any atom is -0.495 e. The molecular weight excluding hydrogens is 370 g/mol. The number of ether oxygens (including phenoxy) is 1. The van der Waals surface area contributed by atoms with Gasteiger partial charge in [-0.25, -0.2) is 4.79 Å². The number of hydrogen-bond donors (Lipinski definition) is 3. The van der Waals surface area contributed by atoms with E-state index >= 15 is 0 Å². The van der Waals surface area contributed by atoms with Gasteiger partial charge < -0.3 is 25.0 Å². The molecule has 3 rings (SSSR count). The van der Waals surface area contributed by atoms with Gasteiger partial charge >= 0.3 is 6.03 Å². The first-order chi connectivity index (χ1) is 13.9. The SMILES string of the molecule is COc1ccccc1NC(=O)N(CCO)Cc1cc2ccc(C)c(C)c2[nH]c1=O. The number of hydrogen-bond acceptors (Lipinski definition) is 4. The van der Waals surface area contributed by atoms with Crippen molar-refractivity contribution in [2.24, 2.45) is 0 Å². The van der Waals surface area contributed by atoms with Crippen molar-refractivity contribution in [3.05, 3.63) is 69.5 Å². The van der Waals surface area contributed by atoms with Crippen molar-refractivity contribution in [2.75, 3.05) is 25.6 Å². The average molecular weight is 395 g/mol. The largest absolute Gasteiger partial charge is 0.495 e. The van der Waals surface area contributed by atoms with E-state index in [1.807, 2.05) is 26.0 Å². The second-order valence-electron chi connectivity index (χ2n) is 6.87. The third-order valence-corrected chi connectivity index (χ3v) is 4.99. The summed E-state index contributed by atoms with van der Waals surface area (Å²) in [5.74, 6) is 0.527. The van der Waals surface area contributed by atoms with E-state index in [2.05, 4.69) is 10.3 Å². The first kappa shape index (κ1) is 20.4. The van der Waals surface area contributed by atoms with Crippen LogP contribution in [0, 0.1) is 13.8 Å². The number of aliphatic hydroxyl groups excluding tert-OH is 1. The van der Waals surface area contributed by atoms with Crippen molar-refractivity contribution in [3.8, 4) is 5.75 Å². The number of methoxy groups -OCH3 is 1. The van der Waals surface area contributed by atoms with Crippen LogP contribution in [-0.2, 0) is 6.54 Å². The van der Waals surface area contributed by atoms with E-state index in [0.29, 0.717) is 17.0 Å². The summed E-state index contributed by atoms with van der Waals surface area (Å²) in [5, 5.41) is 13.1. The average Bonchev–Trinajstić information content (AvgIpc) is 2.72. The van der Waals surface area contributed by atoms with Crippen molar-refractivity contribution in [2.45, 2.75) is 20.4 Å². The second-order valence-corrected chi connectivity index (χ2v) is 6.87. The molecule has 0 bridgehead atoms. The number of aliphatic hydroxyl groups is 1. The second kappa shape index (κ2) is 8.79. The Hall–Kier alpha value is -3.32. The van der Waals surface area contributed by atoms with Crippen LogP contribution in [0.2, 0.25) is 0 Å². The molecule has 0 atom stereocenters. The Balaban J connectivity index is 1.88. The molecule has 0 fully saturated rings. The van der Waals surface area contributed by atoms with Gasteiger partial charge in [-0.05, 0) is 48.6 Å². The Morgan fingerprint density at radius 1 is 1.21 bits per heavy atom. The molecule has 3 N–H and O–H groups in total. The van der Waals surface area contributed by atoms with Gasteiger partial charge in [0.2, 0.25) is 0 Å². The first-order valence-corrected chi connectivity index (χ1v) is 9.36. The van der Waals surface area contributed by atoms with Crippen LogP contribution in [-0.4, -0.2) is 41.3 Å². The van der Waals surface area contributed by atoms with Crippen LogP contribution < -0.4 is 15.6 Å². The van der Waals surface area contributed by atoms with Crippen molar-refractivity contribution < 1.29 is 14.6 Å². The number of H-pyrrole nitrogens is 1. The van der Waals surface area contributed by atoms with Crippen molar-refractivity contribution in [1.29, 1.82) is 0 Å². The quantitative estimate of drug-likeness (QED) is 0.597. The molecule has 1 heterocycles. The van der Waals surface area contributed by atoms with E-state index in [-0.39, 0.29) is 25.3 Å². The summed E-state index contributed by atoms with van der Waals surface area (Å²) in [7, 11) is 1.52. The summed E-state index contributed by atoms with van der Waals surface area (Å²) in [6, 6.07) is 12.4. The third-order valence-electron chi connectivity index (χ3n) is 4.99. The smallest absolute Gasteiger partial charge is 0.322 e. The summed E-state index contributed by atoms with van der Waals surface area (Å²) in [6.45, 7) is 3.90. The summed E-state index contributed by atoms with van der Waals surface area (Å²) in [4.78, 5) is 29.7. The van der Waals surface area contributed by atoms with Gasteiger partial charge in [0, 0.05) is 12.1 Å². The number of aryl methyl sites for hydroxylation is 2. The molecule has 0 spiro atoms. The number of urea groups is 1. The molecule has 2 amide bonds. The highest BCUT2D eigenvalue weighted by Crippen LogP contribution is 2.24. The van der Waals surface area contributed by atoms with E-state index in [0.717, 1.165) is 22.0 Å². The van der Waals surface area contributed by atoms with Gasteiger partial charge in [0.25, 0.3) is 5.56 Å². The molecule has 1 aromatic heterocycles. The Bertz CT molecular complexity index is 1090. The molecule has 7 nitrogen and oxygen atoms in total. The molecular formula is C22H25N3O4. The lowest BCUT2D eigenvalue weighted by Crippen LogP contribution is -2.38. The Labute approximate surface area is 168 Å². The fourth-order valence-corrected chi connectivity index (χ4v) is 3.21. The molecule has 0 saturated heterocycles. The van der Waals surface area contributed by atoms with E-state index in [9.17, 15) is 14.7 Å². The molecule has 152 valence electrons. The lowest BCUT2D eigenvalue weighted by Gasteiger charge is -2.23. The predicted octanol–water partition coefficient (Wildman–Crippen LogP) is 3.18. The highest BCUT2D eigenvalue weighted by molar-refractivity contribution is 5.91. The van der Waals surface area contributed by atoms with Crippen molar-refractivity contribution in [1.82, 2.24) is 9.88 Å².